The Balaban J connectivity index is 1.50. The number of hydrogen-bond acceptors (Lipinski definition) is 5. The van der Waals surface area contributed by atoms with Gasteiger partial charge in [-0.3, -0.25) is 4.79 Å². The van der Waals surface area contributed by atoms with Crippen molar-refractivity contribution in [2.75, 3.05) is 6.61 Å². The van der Waals surface area contributed by atoms with E-state index in [1.54, 1.807) is 18.2 Å². The first-order chi connectivity index (χ1) is 11.6. The van der Waals surface area contributed by atoms with Crippen molar-refractivity contribution in [1.29, 1.82) is 0 Å². The largest absolute Gasteiger partial charge is 0.482 e. The van der Waals surface area contributed by atoms with E-state index in [2.05, 4.69) is 20.8 Å². The predicted octanol–water partition coefficient (Wildman–Crippen LogP) is 2.79. The third-order valence-electron chi connectivity index (χ3n) is 3.93. The lowest BCUT2D eigenvalue weighted by molar-refractivity contribution is -0.123. The van der Waals surface area contributed by atoms with Crippen LogP contribution in [0.2, 0.25) is 10.0 Å². The molecule has 1 aromatic heterocycles. The molecule has 24 heavy (non-hydrogen) atoms. The summed E-state index contributed by atoms with van der Waals surface area (Å²) >= 11 is 11.8. The summed E-state index contributed by atoms with van der Waals surface area (Å²) in [4.78, 5) is 11.9. The van der Waals surface area contributed by atoms with Gasteiger partial charge in [0.2, 0.25) is 0 Å². The van der Waals surface area contributed by atoms with Crippen molar-refractivity contribution in [3.8, 4) is 5.75 Å². The van der Waals surface area contributed by atoms with Gasteiger partial charge in [0.05, 0.1) is 17.6 Å². The molecule has 0 atom stereocenters. The van der Waals surface area contributed by atoms with E-state index in [0.29, 0.717) is 27.7 Å². The fourth-order valence-corrected chi connectivity index (χ4v) is 3.19. The second-order valence-corrected chi connectivity index (χ2v) is 6.46. The Hall–Kier alpha value is -1.86. The molecule has 1 aromatic carbocycles. The molecule has 0 aliphatic heterocycles. The zero-order chi connectivity index (χ0) is 16.9. The lowest BCUT2D eigenvalue weighted by atomic mass is 10.2. The van der Waals surface area contributed by atoms with Crippen LogP contribution in [0.25, 0.3) is 0 Å². The van der Waals surface area contributed by atoms with E-state index in [-0.39, 0.29) is 19.1 Å². The Morgan fingerprint density at radius 2 is 2.12 bits per heavy atom. The Kier molecular flexibility index (Phi) is 5.52. The molecule has 2 aromatic rings. The van der Waals surface area contributed by atoms with Gasteiger partial charge in [0.25, 0.3) is 5.91 Å². The molecule has 1 saturated carbocycles. The van der Waals surface area contributed by atoms with Crippen molar-refractivity contribution in [2.24, 2.45) is 0 Å². The van der Waals surface area contributed by atoms with E-state index in [1.165, 1.54) is 12.8 Å². The number of hydrogen-bond donors (Lipinski definition) is 1. The van der Waals surface area contributed by atoms with Gasteiger partial charge >= 0.3 is 0 Å². The quantitative estimate of drug-likeness (QED) is 0.846. The summed E-state index contributed by atoms with van der Waals surface area (Å²) in [7, 11) is 0. The molecule has 0 bridgehead atoms. The van der Waals surface area contributed by atoms with E-state index in [1.807, 2.05) is 4.68 Å². The zero-order valence-corrected chi connectivity index (χ0v) is 14.4. The highest BCUT2D eigenvalue weighted by molar-refractivity contribution is 6.35. The minimum absolute atomic E-state index is 0.146. The van der Waals surface area contributed by atoms with E-state index >= 15 is 0 Å². The summed E-state index contributed by atoms with van der Waals surface area (Å²) in [6.45, 7) is 0.117. The maximum atomic E-state index is 11.9. The van der Waals surface area contributed by atoms with Gasteiger partial charge in [-0.15, -0.1) is 5.10 Å². The lowest BCUT2D eigenvalue weighted by Gasteiger charge is -2.12. The fourth-order valence-electron chi connectivity index (χ4n) is 2.73. The van der Waals surface area contributed by atoms with Crippen LogP contribution in [-0.2, 0) is 11.3 Å². The Morgan fingerprint density at radius 1 is 1.33 bits per heavy atom. The first kappa shape index (κ1) is 17.0. The van der Waals surface area contributed by atoms with Crippen molar-refractivity contribution < 1.29 is 9.53 Å². The maximum Gasteiger partial charge on any atom is 0.258 e. The minimum atomic E-state index is -0.276. The van der Waals surface area contributed by atoms with Crippen molar-refractivity contribution in [3.63, 3.8) is 0 Å². The molecule has 3 rings (SSSR count). The molecule has 1 heterocycles. The maximum absolute atomic E-state index is 11.9. The first-order valence-electron chi connectivity index (χ1n) is 7.75. The number of aromatic nitrogens is 4. The number of nitrogens with zero attached hydrogens (tertiary/aromatic N) is 4. The van der Waals surface area contributed by atoms with Crippen LogP contribution in [0.15, 0.2) is 18.2 Å². The molecule has 7 nitrogen and oxygen atoms in total. The van der Waals surface area contributed by atoms with Gasteiger partial charge in [0.1, 0.15) is 5.75 Å². The minimum Gasteiger partial charge on any atom is -0.482 e. The highest BCUT2D eigenvalue weighted by atomic mass is 35.5. The van der Waals surface area contributed by atoms with Crippen LogP contribution in [0.4, 0.5) is 0 Å². The molecule has 128 valence electrons. The number of halogens is 2. The molecule has 1 amide bonds. The van der Waals surface area contributed by atoms with Gasteiger partial charge in [0, 0.05) is 5.02 Å². The smallest absolute Gasteiger partial charge is 0.258 e. The molecule has 0 spiro atoms. The van der Waals surface area contributed by atoms with E-state index < -0.39 is 0 Å². The zero-order valence-electron chi connectivity index (χ0n) is 12.9. The Bertz CT molecular complexity index is 716. The number of benzene rings is 1. The van der Waals surface area contributed by atoms with Crippen LogP contribution < -0.4 is 10.1 Å². The van der Waals surface area contributed by atoms with Crippen molar-refractivity contribution in [3.05, 3.63) is 34.1 Å². The molecule has 0 unspecified atom stereocenters. The summed E-state index contributed by atoms with van der Waals surface area (Å²) in [6.07, 6.45) is 4.52. The van der Waals surface area contributed by atoms with Crippen LogP contribution in [-0.4, -0.2) is 32.7 Å². The summed E-state index contributed by atoms with van der Waals surface area (Å²) in [5.41, 5.74) is 0. The van der Waals surface area contributed by atoms with E-state index in [4.69, 9.17) is 27.9 Å². The summed E-state index contributed by atoms with van der Waals surface area (Å²) in [5, 5.41) is 15.4. The molecule has 9 heteroatoms. The number of nitrogens with one attached hydrogen (secondary N) is 1. The fraction of sp³-hybridized carbons (Fsp3) is 0.467. The highest BCUT2D eigenvalue weighted by Gasteiger charge is 2.21. The second kappa shape index (κ2) is 7.81. The van der Waals surface area contributed by atoms with Crippen LogP contribution in [0.5, 0.6) is 5.75 Å². The van der Waals surface area contributed by atoms with Crippen LogP contribution in [0, 0.1) is 0 Å². The number of amides is 1. The van der Waals surface area contributed by atoms with Crippen LogP contribution in [0.3, 0.4) is 0 Å². The molecule has 1 aliphatic rings. The van der Waals surface area contributed by atoms with Gasteiger partial charge in [-0.1, -0.05) is 36.0 Å². The number of carbonyl (C=O) groups excluding carboxylic acids is 1. The van der Waals surface area contributed by atoms with Crippen molar-refractivity contribution in [2.45, 2.75) is 38.3 Å². The lowest BCUT2D eigenvalue weighted by Crippen LogP contribution is -2.30. The van der Waals surface area contributed by atoms with Gasteiger partial charge in [0.15, 0.2) is 12.4 Å². The van der Waals surface area contributed by atoms with Crippen LogP contribution >= 0.6 is 23.2 Å². The van der Waals surface area contributed by atoms with Crippen molar-refractivity contribution in [1.82, 2.24) is 25.5 Å². The average molecular weight is 370 g/mol. The SMILES string of the molecule is O=C(COc1ccc(Cl)cc1Cl)NCc1nnnn1C1CCCC1. The average Bonchev–Trinajstić information content (AvgIpc) is 3.23. The molecule has 1 N–H and O–H groups in total. The van der Waals surface area contributed by atoms with Crippen LogP contribution in [0.1, 0.15) is 37.5 Å². The molecule has 1 aliphatic carbocycles. The second-order valence-electron chi connectivity index (χ2n) is 5.62. The third kappa shape index (κ3) is 4.15. The summed E-state index contributed by atoms with van der Waals surface area (Å²) in [5.74, 6) is 0.786. The summed E-state index contributed by atoms with van der Waals surface area (Å²) < 4.78 is 7.20. The number of rotatable bonds is 6. The van der Waals surface area contributed by atoms with Gasteiger partial charge < -0.3 is 10.1 Å². The van der Waals surface area contributed by atoms with Gasteiger partial charge in [-0.25, -0.2) is 4.68 Å². The predicted molar refractivity (Wildman–Crippen MR) is 89.1 cm³/mol. The molecule has 1 fully saturated rings. The van der Waals surface area contributed by atoms with Crippen molar-refractivity contribution >= 4 is 29.1 Å². The number of ether oxygens (including phenoxy) is 1. The van der Waals surface area contributed by atoms with E-state index in [9.17, 15) is 4.79 Å². The highest BCUT2D eigenvalue weighted by Crippen LogP contribution is 2.29. The third-order valence-corrected chi connectivity index (χ3v) is 4.46. The topological polar surface area (TPSA) is 81.9 Å². The van der Waals surface area contributed by atoms with Gasteiger partial charge in [-0.05, 0) is 41.5 Å². The summed E-state index contributed by atoms with van der Waals surface area (Å²) in [6, 6.07) is 5.16. The Labute approximate surface area is 149 Å². The van der Waals surface area contributed by atoms with Gasteiger partial charge in [-0.2, -0.15) is 0 Å². The molecular formula is C15H17Cl2N5O2. The van der Waals surface area contributed by atoms with E-state index in [0.717, 1.165) is 12.8 Å². The Morgan fingerprint density at radius 3 is 2.88 bits per heavy atom. The number of tetrazole rings is 1. The molecular weight excluding hydrogens is 353 g/mol. The standard InChI is InChI=1S/C15H17Cl2N5O2/c16-10-5-6-13(12(17)7-10)24-9-15(23)18-8-14-19-20-21-22(14)11-3-1-2-4-11/h5-7,11H,1-4,8-9H2,(H,18,23). The number of carbonyl (C=O) groups is 1. The molecule has 0 radical (unpaired) electrons. The normalized spacial score (nSPS) is 14.8. The molecule has 0 saturated heterocycles. The first-order valence-corrected chi connectivity index (χ1v) is 8.50. The monoisotopic (exact) mass is 369 g/mol.